The number of ketones is 1. The van der Waals surface area contributed by atoms with Crippen LogP contribution in [0.25, 0.3) is 0 Å². The number of ether oxygens (including phenoxy) is 1. The first-order valence-corrected chi connectivity index (χ1v) is 4.29. The van der Waals surface area contributed by atoms with Crippen molar-refractivity contribution >= 4 is 5.78 Å². The van der Waals surface area contributed by atoms with Crippen LogP contribution in [-0.2, 0) is 7.05 Å². The van der Waals surface area contributed by atoms with Crippen molar-refractivity contribution in [3.8, 4) is 5.75 Å². The quantitative estimate of drug-likeness (QED) is 0.661. The highest BCUT2D eigenvalue weighted by Crippen LogP contribution is 2.18. The lowest BCUT2D eigenvalue weighted by molar-refractivity contribution is 0.0969. The molecule has 0 saturated carbocycles. The molecule has 0 radical (unpaired) electrons. The van der Waals surface area contributed by atoms with Gasteiger partial charge < -0.3 is 4.74 Å². The Morgan fingerprint density at radius 3 is 2.92 bits per heavy atom. The van der Waals surface area contributed by atoms with Crippen LogP contribution in [0.4, 0.5) is 0 Å². The van der Waals surface area contributed by atoms with Crippen molar-refractivity contribution in [1.29, 1.82) is 0 Å². The Morgan fingerprint density at radius 2 is 2.38 bits per heavy atom. The summed E-state index contributed by atoms with van der Waals surface area (Å²) in [7, 11) is 3.28. The predicted molar refractivity (Wildman–Crippen MR) is 49.0 cm³/mol. The Bertz CT molecular complexity index is 305. The highest BCUT2D eigenvalue weighted by Gasteiger charge is 2.15. The van der Waals surface area contributed by atoms with Crippen molar-refractivity contribution < 1.29 is 9.53 Å². The van der Waals surface area contributed by atoms with E-state index in [9.17, 15) is 4.79 Å². The van der Waals surface area contributed by atoms with Crippen LogP contribution in [0.1, 0.15) is 30.3 Å². The molecular weight excluding hydrogens is 168 g/mol. The third kappa shape index (κ3) is 1.88. The van der Waals surface area contributed by atoms with Crippen LogP contribution in [0.2, 0.25) is 0 Å². The number of aromatic nitrogens is 2. The van der Waals surface area contributed by atoms with Gasteiger partial charge in [-0.3, -0.25) is 9.48 Å². The topological polar surface area (TPSA) is 44.1 Å². The van der Waals surface area contributed by atoms with Gasteiger partial charge in [-0.25, -0.2) is 0 Å². The molecule has 0 saturated heterocycles. The van der Waals surface area contributed by atoms with Crippen molar-refractivity contribution in [2.45, 2.75) is 19.8 Å². The molecule has 1 aromatic rings. The van der Waals surface area contributed by atoms with E-state index in [1.54, 1.807) is 25.0 Å². The highest BCUT2D eigenvalue weighted by atomic mass is 16.5. The number of rotatable bonds is 4. The Balaban J connectivity index is 2.96. The van der Waals surface area contributed by atoms with Crippen LogP contribution < -0.4 is 4.74 Å². The van der Waals surface area contributed by atoms with Crippen molar-refractivity contribution in [3.63, 3.8) is 0 Å². The molecular formula is C9H14N2O2. The van der Waals surface area contributed by atoms with E-state index in [4.69, 9.17) is 4.74 Å². The second-order valence-electron chi connectivity index (χ2n) is 2.86. The monoisotopic (exact) mass is 182 g/mol. The van der Waals surface area contributed by atoms with E-state index in [0.29, 0.717) is 17.9 Å². The fourth-order valence-electron chi connectivity index (χ4n) is 1.23. The summed E-state index contributed by atoms with van der Waals surface area (Å²) in [6.45, 7) is 1.97. The molecule has 4 heteroatoms. The summed E-state index contributed by atoms with van der Waals surface area (Å²) in [5, 5.41) is 3.96. The molecule has 0 aromatic carbocycles. The van der Waals surface area contributed by atoms with E-state index in [-0.39, 0.29) is 5.78 Å². The number of Topliss-reactive ketones (excluding diaryl/α,β-unsaturated/α-hetero) is 1. The van der Waals surface area contributed by atoms with E-state index in [1.807, 2.05) is 6.92 Å². The number of aryl methyl sites for hydroxylation is 1. The number of hydrogen-bond acceptors (Lipinski definition) is 3. The lowest BCUT2D eigenvalue weighted by Crippen LogP contribution is -2.07. The summed E-state index contributed by atoms with van der Waals surface area (Å²) in [6.07, 6.45) is 2.94. The zero-order valence-corrected chi connectivity index (χ0v) is 8.20. The average molecular weight is 182 g/mol. The van der Waals surface area contributed by atoms with Crippen molar-refractivity contribution in [1.82, 2.24) is 9.78 Å². The number of methoxy groups -OCH3 is 1. The number of carbonyl (C=O) groups excluding carboxylic acids is 1. The number of carbonyl (C=O) groups is 1. The minimum absolute atomic E-state index is 0.0827. The smallest absolute Gasteiger partial charge is 0.184 e. The Kier molecular flexibility index (Phi) is 3.06. The third-order valence-electron chi connectivity index (χ3n) is 1.87. The number of nitrogens with zero attached hydrogens (tertiary/aromatic N) is 2. The van der Waals surface area contributed by atoms with E-state index < -0.39 is 0 Å². The first-order valence-electron chi connectivity index (χ1n) is 4.29. The van der Waals surface area contributed by atoms with E-state index >= 15 is 0 Å². The van der Waals surface area contributed by atoms with Crippen LogP contribution in [0.5, 0.6) is 5.75 Å². The molecule has 1 rings (SSSR count). The van der Waals surface area contributed by atoms with Gasteiger partial charge in [0.25, 0.3) is 0 Å². The SMILES string of the molecule is CCCC(=O)c1c(OC)cnn1C. The van der Waals surface area contributed by atoms with Crippen molar-refractivity contribution in [2.24, 2.45) is 7.05 Å². The van der Waals surface area contributed by atoms with Gasteiger partial charge in [-0.15, -0.1) is 0 Å². The molecule has 0 aliphatic heterocycles. The molecule has 0 aliphatic carbocycles. The van der Waals surface area contributed by atoms with Crippen LogP contribution in [0.3, 0.4) is 0 Å². The zero-order valence-electron chi connectivity index (χ0n) is 8.20. The van der Waals surface area contributed by atoms with E-state index in [1.165, 1.54) is 0 Å². The lowest BCUT2D eigenvalue weighted by atomic mass is 10.2. The predicted octanol–water partition coefficient (Wildman–Crippen LogP) is 1.41. The maximum Gasteiger partial charge on any atom is 0.184 e. The van der Waals surface area contributed by atoms with Crippen molar-refractivity contribution in [2.75, 3.05) is 7.11 Å². The highest BCUT2D eigenvalue weighted by molar-refractivity contribution is 5.96. The fourth-order valence-corrected chi connectivity index (χ4v) is 1.23. The molecule has 0 bridgehead atoms. The fraction of sp³-hybridized carbons (Fsp3) is 0.556. The molecule has 0 N–H and O–H groups in total. The second-order valence-corrected chi connectivity index (χ2v) is 2.86. The molecule has 0 atom stereocenters. The Hall–Kier alpha value is -1.32. The van der Waals surface area contributed by atoms with Gasteiger partial charge in [0, 0.05) is 13.5 Å². The molecule has 1 aromatic heterocycles. The summed E-state index contributed by atoms with van der Waals surface area (Å²) in [5.74, 6) is 0.639. The molecule has 0 aliphatic rings. The minimum atomic E-state index is 0.0827. The average Bonchev–Trinajstić information content (AvgIpc) is 2.47. The summed E-state index contributed by atoms with van der Waals surface area (Å²) >= 11 is 0. The van der Waals surface area contributed by atoms with E-state index in [2.05, 4.69) is 5.10 Å². The molecule has 0 unspecified atom stereocenters. The van der Waals surface area contributed by atoms with Gasteiger partial charge in [0.1, 0.15) is 5.69 Å². The van der Waals surface area contributed by atoms with Gasteiger partial charge in [-0.2, -0.15) is 5.10 Å². The van der Waals surface area contributed by atoms with Crippen molar-refractivity contribution in [3.05, 3.63) is 11.9 Å². The number of hydrogen-bond donors (Lipinski definition) is 0. The zero-order chi connectivity index (χ0) is 9.84. The standard InChI is InChI=1S/C9H14N2O2/c1-4-5-7(12)9-8(13-3)6-10-11(9)2/h6H,4-5H2,1-3H3. The van der Waals surface area contributed by atoms with Crippen LogP contribution >= 0.6 is 0 Å². The van der Waals surface area contributed by atoms with Gasteiger partial charge in [0.2, 0.25) is 0 Å². The van der Waals surface area contributed by atoms with Gasteiger partial charge in [0.15, 0.2) is 11.5 Å². The maximum atomic E-state index is 11.6. The first kappa shape index (κ1) is 9.77. The molecule has 0 amide bonds. The summed E-state index contributed by atoms with van der Waals surface area (Å²) in [6, 6.07) is 0. The van der Waals surface area contributed by atoms with Crippen LogP contribution in [-0.4, -0.2) is 22.7 Å². The van der Waals surface area contributed by atoms with Gasteiger partial charge in [-0.1, -0.05) is 6.92 Å². The van der Waals surface area contributed by atoms with Gasteiger partial charge in [-0.05, 0) is 6.42 Å². The lowest BCUT2D eigenvalue weighted by Gasteiger charge is -2.02. The van der Waals surface area contributed by atoms with Gasteiger partial charge in [0.05, 0.1) is 13.3 Å². The first-order chi connectivity index (χ1) is 6.20. The molecule has 13 heavy (non-hydrogen) atoms. The normalized spacial score (nSPS) is 10.1. The van der Waals surface area contributed by atoms with Gasteiger partial charge >= 0.3 is 0 Å². The largest absolute Gasteiger partial charge is 0.493 e. The van der Waals surface area contributed by atoms with E-state index in [0.717, 1.165) is 6.42 Å². The summed E-state index contributed by atoms with van der Waals surface area (Å²) < 4.78 is 6.58. The van der Waals surface area contributed by atoms with Crippen LogP contribution in [0, 0.1) is 0 Å². The minimum Gasteiger partial charge on any atom is -0.493 e. The maximum absolute atomic E-state index is 11.6. The molecule has 4 nitrogen and oxygen atoms in total. The Labute approximate surface area is 77.5 Å². The molecule has 0 fully saturated rings. The molecule has 0 spiro atoms. The van der Waals surface area contributed by atoms with Crippen LogP contribution in [0.15, 0.2) is 6.20 Å². The Morgan fingerprint density at radius 1 is 1.69 bits per heavy atom. The summed E-state index contributed by atoms with van der Waals surface area (Å²) in [4.78, 5) is 11.6. The summed E-state index contributed by atoms with van der Waals surface area (Å²) in [5.41, 5.74) is 0.560. The molecule has 1 heterocycles. The third-order valence-corrected chi connectivity index (χ3v) is 1.87. The second kappa shape index (κ2) is 4.07. The molecule has 72 valence electrons.